The Bertz CT molecular complexity index is 920. The maximum atomic E-state index is 12.2. The number of halogens is 1. The summed E-state index contributed by atoms with van der Waals surface area (Å²) in [6.45, 7) is 1.54. The van der Waals surface area contributed by atoms with Crippen LogP contribution in [0.1, 0.15) is 5.56 Å². The molecule has 0 spiro atoms. The number of carbonyl (C=O) groups excluding carboxylic acids is 2. The van der Waals surface area contributed by atoms with Gasteiger partial charge in [0, 0.05) is 5.02 Å². The maximum absolute atomic E-state index is 12.2. The number of aryl methyl sites for hydroxylation is 1. The van der Waals surface area contributed by atoms with Gasteiger partial charge < -0.3 is 4.74 Å². The van der Waals surface area contributed by atoms with Crippen molar-refractivity contribution in [2.45, 2.75) is 6.92 Å². The summed E-state index contributed by atoms with van der Waals surface area (Å²) in [7, 11) is 0. The molecule has 0 unspecified atom stereocenters. The van der Waals surface area contributed by atoms with Crippen LogP contribution >= 0.6 is 11.6 Å². The molecule has 24 heavy (non-hydrogen) atoms. The van der Waals surface area contributed by atoms with E-state index in [1.165, 1.54) is 10.9 Å². The average Bonchev–Trinajstić information content (AvgIpc) is 2.98. The highest BCUT2D eigenvalue weighted by molar-refractivity contribution is 6.30. The van der Waals surface area contributed by atoms with E-state index >= 15 is 0 Å². The highest BCUT2D eigenvalue weighted by Gasteiger charge is 2.13. The average molecular weight is 344 g/mol. The normalized spacial score (nSPS) is 10.6. The number of benzene rings is 2. The van der Waals surface area contributed by atoms with Crippen molar-refractivity contribution in [2.75, 3.05) is 6.61 Å². The number of nitrogens with one attached hydrogen (secondary N) is 1. The molecule has 1 aromatic heterocycles. The van der Waals surface area contributed by atoms with Crippen molar-refractivity contribution in [1.82, 2.24) is 14.9 Å². The van der Waals surface area contributed by atoms with E-state index < -0.39 is 11.9 Å². The second kappa shape index (κ2) is 6.72. The van der Waals surface area contributed by atoms with E-state index in [9.17, 15) is 9.59 Å². The molecule has 1 N–H and O–H groups in total. The Labute approximate surface area is 143 Å². The van der Waals surface area contributed by atoms with Crippen molar-refractivity contribution in [3.63, 3.8) is 0 Å². The predicted molar refractivity (Wildman–Crippen MR) is 90.4 cm³/mol. The van der Waals surface area contributed by atoms with Gasteiger partial charge in [-0.25, -0.2) is 9.78 Å². The summed E-state index contributed by atoms with van der Waals surface area (Å²) in [6, 6.07) is 11.7. The molecule has 2 amide bonds. The summed E-state index contributed by atoms with van der Waals surface area (Å²) >= 11 is 5.87. The highest BCUT2D eigenvalue weighted by atomic mass is 35.5. The summed E-state index contributed by atoms with van der Waals surface area (Å²) in [5.74, 6) is -0.0118. The molecular weight excluding hydrogens is 330 g/mol. The molecule has 6 nitrogen and oxygen atoms in total. The fraction of sp³-hybridized carbons (Fsp3) is 0.118. The van der Waals surface area contributed by atoms with Crippen LogP contribution in [0.25, 0.3) is 11.0 Å². The number of hydrogen-bond donors (Lipinski definition) is 1. The molecule has 0 atom stereocenters. The molecular formula is C17H14ClN3O3. The number of aromatic nitrogens is 2. The number of imidazole rings is 1. The first-order valence-electron chi connectivity index (χ1n) is 7.20. The minimum absolute atomic E-state index is 0.277. The van der Waals surface area contributed by atoms with Gasteiger partial charge in [0.15, 0.2) is 6.61 Å². The van der Waals surface area contributed by atoms with Crippen molar-refractivity contribution < 1.29 is 14.3 Å². The minimum Gasteiger partial charge on any atom is -0.483 e. The molecule has 1 heterocycles. The van der Waals surface area contributed by atoms with E-state index in [2.05, 4.69) is 10.3 Å². The van der Waals surface area contributed by atoms with E-state index in [0.717, 1.165) is 5.56 Å². The summed E-state index contributed by atoms with van der Waals surface area (Å²) in [5, 5.41) is 2.86. The van der Waals surface area contributed by atoms with E-state index in [0.29, 0.717) is 21.8 Å². The fourth-order valence-electron chi connectivity index (χ4n) is 2.25. The van der Waals surface area contributed by atoms with Crippen LogP contribution in [-0.4, -0.2) is 28.1 Å². The van der Waals surface area contributed by atoms with Crippen LogP contribution in [0.2, 0.25) is 5.02 Å². The third kappa shape index (κ3) is 3.38. The molecule has 0 saturated carbocycles. The Morgan fingerprint density at radius 1 is 1.25 bits per heavy atom. The number of carbonyl (C=O) groups is 2. The molecule has 2 aromatic carbocycles. The Hall–Kier alpha value is -2.86. The number of imide groups is 1. The van der Waals surface area contributed by atoms with Crippen molar-refractivity contribution in [3.8, 4) is 5.75 Å². The van der Waals surface area contributed by atoms with Gasteiger partial charge >= 0.3 is 6.03 Å². The zero-order chi connectivity index (χ0) is 17.1. The second-order valence-electron chi connectivity index (χ2n) is 5.16. The van der Waals surface area contributed by atoms with Crippen molar-refractivity contribution in [3.05, 3.63) is 59.4 Å². The maximum Gasteiger partial charge on any atom is 0.334 e. The Kier molecular flexibility index (Phi) is 4.48. The molecule has 7 heteroatoms. The van der Waals surface area contributed by atoms with Crippen LogP contribution in [0.3, 0.4) is 0 Å². The van der Waals surface area contributed by atoms with Crippen molar-refractivity contribution >= 4 is 34.6 Å². The van der Waals surface area contributed by atoms with E-state index in [1.54, 1.807) is 36.4 Å². The van der Waals surface area contributed by atoms with Gasteiger partial charge in [0.2, 0.25) is 0 Å². The summed E-state index contributed by atoms with van der Waals surface area (Å²) in [5.41, 5.74) is 2.10. The first-order valence-corrected chi connectivity index (χ1v) is 7.57. The standard InChI is InChI=1S/C17H14ClN3O3/c1-11-8-12(18)6-7-15(11)24-9-16(22)20-17(23)21-10-19-13-4-2-3-5-14(13)21/h2-8,10H,9H2,1H3,(H,20,22,23). The van der Waals surface area contributed by atoms with Gasteiger partial charge in [-0.15, -0.1) is 0 Å². The van der Waals surface area contributed by atoms with E-state index in [4.69, 9.17) is 16.3 Å². The lowest BCUT2D eigenvalue weighted by atomic mass is 10.2. The van der Waals surface area contributed by atoms with Crippen LogP contribution in [0.15, 0.2) is 48.8 Å². The minimum atomic E-state index is -0.579. The first-order chi connectivity index (χ1) is 11.5. The molecule has 0 saturated heterocycles. The number of amides is 2. The number of fused-ring (bicyclic) bond motifs is 1. The van der Waals surface area contributed by atoms with Gasteiger partial charge in [0.05, 0.1) is 11.0 Å². The zero-order valence-corrected chi connectivity index (χ0v) is 13.6. The number of para-hydroxylation sites is 2. The largest absolute Gasteiger partial charge is 0.483 e. The van der Waals surface area contributed by atoms with Crippen LogP contribution in [-0.2, 0) is 4.79 Å². The first kappa shape index (κ1) is 16.0. The van der Waals surface area contributed by atoms with Crippen LogP contribution in [0.4, 0.5) is 4.79 Å². The molecule has 0 aliphatic rings. The Balaban J connectivity index is 1.63. The summed E-state index contributed by atoms with van der Waals surface area (Å²) < 4.78 is 6.69. The predicted octanol–water partition coefficient (Wildman–Crippen LogP) is 3.16. The third-order valence-electron chi connectivity index (χ3n) is 3.41. The molecule has 0 aliphatic carbocycles. The smallest absolute Gasteiger partial charge is 0.334 e. The van der Waals surface area contributed by atoms with Gasteiger partial charge in [-0.3, -0.25) is 14.7 Å². The second-order valence-corrected chi connectivity index (χ2v) is 5.59. The lowest BCUT2D eigenvalue weighted by Gasteiger charge is -2.09. The third-order valence-corrected chi connectivity index (χ3v) is 3.65. The fourth-order valence-corrected chi connectivity index (χ4v) is 2.48. The van der Waals surface area contributed by atoms with Gasteiger partial charge in [0.25, 0.3) is 5.91 Å². The molecule has 122 valence electrons. The molecule has 0 bridgehead atoms. The summed E-state index contributed by atoms with van der Waals surface area (Å²) in [4.78, 5) is 28.2. The van der Waals surface area contributed by atoms with Crippen LogP contribution in [0, 0.1) is 6.92 Å². The highest BCUT2D eigenvalue weighted by Crippen LogP contribution is 2.21. The molecule has 3 rings (SSSR count). The van der Waals surface area contributed by atoms with Gasteiger partial charge in [-0.05, 0) is 42.8 Å². The lowest BCUT2D eigenvalue weighted by molar-refractivity contribution is -0.122. The molecule has 0 aliphatic heterocycles. The molecule has 0 radical (unpaired) electrons. The Morgan fingerprint density at radius 3 is 2.83 bits per heavy atom. The van der Waals surface area contributed by atoms with Gasteiger partial charge in [-0.2, -0.15) is 0 Å². The molecule has 3 aromatic rings. The number of hydrogen-bond acceptors (Lipinski definition) is 4. The zero-order valence-electron chi connectivity index (χ0n) is 12.8. The lowest BCUT2D eigenvalue weighted by Crippen LogP contribution is -2.37. The van der Waals surface area contributed by atoms with Crippen molar-refractivity contribution in [2.24, 2.45) is 0 Å². The topological polar surface area (TPSA) is 73.2 Å². The summed E-state index contributed by atoms with van der Waals surface area (Å²) in [6.07, 6.45) is 1.37. The number of ether oxygens (including phenoxy) is 1. The van der Waals surface area contributed by atoms with Gasteiger partial charge in [-0.1, -0.05) is 23.7 Å². The van der Waals surface area contributed by atoms with Crippen LogP contribution < -0.4 is 10.1 Å². The van der Waals surface area contributed by atoms with E-state index in [-0.39, 0.29) is 6.61 Å². The quantitative estimate of drug-likeness (QED) is 0.792. The van der Waals surface area contributed by atoms with E-state index in [1.807, 2.05) is 13.0 Å². The van der Waals surface area contributed by atoms with Crippen LogP contribution in [0.5, 0.6) is 5.75 Å². The number of rotatable bonds is 3. The SMILES string of the molecule is Cc1cc(Cl)ccc1OCC(=O)NC(=O)n1cnc2ccccc21. The molecule has 0 fully saturated rings. The van der Waals surface area contributed by atoms with Gasteiger partial charge in [0.1, 0.15) is 12.1 Å². The number of nitrogens with zero attached hydrogens (tertiary/aromatic N) is 2. The monoisotopic (exact) mass is 343 g/mol. The van der Waals surface area contributed by atoms with Crippen molar-refractivity contribution in [1.29, 1.82) is 0 Å². The Morgan fingerprint density at radius 2 is 2.04 bits per heavy atom.